The van der Waals surface area contributed by atoms with Gasteiger partial charge in [0.15, 0.2) is 11.5 Å². The van der Waals surface area contributed by atoms with Crippen LogP contribution in [0.25, 0.3) is 0 Å². The summed E-state index contributed by atoms with van der Waals surface area (Å²) in [6.07, 6.45) is 3.47. The predicted molar refractivity (Wildman–Crippen MR) is 113 cm³/mol. The van der Waals surface area contributed by atoms with Gasteiger partial charge < -0.3 is 25.2 Å². The van der Waals surface area contributed by atoms with E-state index in [0.29, 0.717) is 31.5 Å². The lowest BCUT2D eigenvalue weighted by molar-refractivity contribution is -0.140. The van der Waals surface area contributed by atoms with E-state index in [1.807, 2.05) is 6.92 Å². The quantitative estimate of drug-likeness (QED) is 0.207. The standard InChI is InChI=1S/C22H30N2O6/c1-5-19(27)23-22(4,15-16-10-11-17(25)18(26)14-16)21(29)24(7-3)12-8-9-13-30-20(28)6-2/h5-6,10-11,14,25-26H,1-2,7-9,12-13,15H2,3-4H3,(H,23,27). The topological polar surface area (TPSA) is 116 Å². The highest BCUT2D eigenvalue weighted by molar-refractivity contribution is 5.95. The molecule has 3 N–H and O–H groups in total. The van der Waals surface area contributed by atoms with Gasteiger partial charge in [-0.1, -0.05) is 19.2 Å². The van der Waals surface area contributed by atoms with E-state index >= 15 is 0 Å². The lowest BCUT2D eigenvalue weighted by Gasteiger charge is -2.35. The van der Waals surface area contributed by atoms with Crippen LogP contribution in [-0.2, 0) is 25.5 Å². The van der Waals surface area contributed by atoms with Crippen LogP contribution in [0.4, 0.5) is 0 Å². The zero-order chi connectivity index (χ0) is 22.7. The maximum Gasteiger partial charge on any atom is 0.330 e. The molecule has 2 amide bonds. The summed E-state index contributed by atoms with van der Waals surface area (Å²) in [6, 6.07) is 4.25. The third-order valence-electron chi connectivity index (χ3n) is 4.56. The van der Waals surface area contributed by atoms with Crippen LogP contribution < -0.4 is 5.32 Å². The molecule has 8 nitrogen and oxygen atoms in total. The first kappa shape index (κ1) is 24.7. The minimum atomic E-state index is -1.29. The number of nitrogens with zero attached hydrogens (tertiary/aromatic N) is 1. The fourth-order valence-corrected chi connectivity index (χ4v) is 2.97. The zero-order valence-corrected chi connectivity index (χ0v) is 17.5. The Hall–Kier alpha value is -3.29. The van der Waals surface area contributed by atoms with E-state index in [1.54, 1.807) is 17.9 Å². The Labute approximate surface area is 176 Å². The summed E-state index contributed by atoms with van der Waals surface area (Å²) in [4.78, 5) is 38.0. The van der Waals surface area contributed by atoms with E-state index in [1.165, 1.54) is 12.1 Å². The number of amides is 2. The van der Waals surface area contributed by atoms with Crippen molar-refractivity contribution in [1.82, 2.24) is 10.2 Å². The lowest BCUT2D eigenvalue weighted by atomic mass is 9.90. The lowest BCUT2D eigenvalue weighted by Crippen LogP contribution is -2.59. The molecule has 0 aromatic heterocycles. The number of nitrogens with one attached hydrogen (secondary N) is 1. The largest absolute Gasteiger partial charge is 0.504 e. The van der Waals surface area contributed by atoms with Crippen LogP contribution in [0.3, 0.4) is 0 Å². The van der Waals surface area contributed by atoms with Crippen molar-refractivity contribution in [3.63, 3.8) is 0 Å². The molecular weight excluding hydrogens is 388 g/mol. The van der Waals surface area contributed by atoms with E-state index in [-0.39, 0.29) is 30.4 Å². The van der Waals surface area contributed by atoms with Crippen LogP contribution in [0.15, 0.2) is 43.5 Å². The van der Waals surface area contributed by atoms with Gasteiger partial charge in [-0.3, -0.25) is 9.59 Å². The van der Waals surface area contributed by atoms with Gasteiger partial charge in [-0.25, -0.2) is 4.79 Å². The SMILES string of the molecule is C=CC(=O)NC(C)(Cc1ccc(O)c(O)c1)C(=O)N(CC)CCCCOC(=O)C=C. The Kier molecular flexibility index (Phi) is 9.61. The number of phenols is 2. The summed E-state index contributed by atoms with van der Waals surface area (Å²) in [5.41, 5.74) is -0.724. The number of rotatable bonds is 12. The van der Waals surface area contributed by atoms with Crippen LogP contribution in [0.2, 0.25) is 0 Å². The van der Waals surface area contributed by atoms with Gasteiger partial charge in [0.2, 0.25) is 11.8 Å². The zero-order valence-electron chi connectivity index (χ0n) is 17.5. The van der Waals surface area contributed by atoms with Crippen molar-refractivity contribution in [1.29, 1.82) is 0 Å². The molecule has 1 unspecified atom stereocenters. The average Bonchev–Trinajstić information content (AvgIpc) is 2.72. The summed E-state index contributed by atoms with van der Waals surface area (Å²) in [5.74, 6) is -1.86. The summed E-state index contributed by atoms with van der Waals surface area (Å²) in [6.45, 7) is 11.3. The first-order chi connectivity index (χ1) is 14.2. The van der Waals surface area contributed by atoms with Crippen LogP contribution in [-0.4, -0.2) is 58.1 Å². The second-order valence-electron chi connectivity index (χ2n) is 6.99. The molecular formula is C22H30N2O6. The number of carbonyl (C=O) groups excluding carboxylic acids is 3. The highest BCUT2D eigenvalue weighted by Crippen LogP contribution is 2.27. The Morgan fingerprint density at radius 3 is 2.43 bits per heavy atom. The van der Waals surface area contributed by atoms with Crippen molar-refractivity contribution in [3.05, 3.63) is 49.1 Å². The van der Waals surface area contributed by atoms with Crippen molar-refractivity contribution >= 4 is 17.8 Å². The molecule has 0 bridgehead atoms. The molecule has 1 atom stereocenters. The van der Waals surface area contributed by atoms with Crippen LogP contribution >= 0.6 is 0 Å². The number of hydrogen-bond donors (Lipinski definition) is 3. The molecule has 0 radical (unpaired) electrons. The normalized spacial score (nSPS) is 12.3. The first-order valence-electron chi connectivity index (χ1n) is 9.70. The van der Waals surface area contributed by atoms with Gasteiger partial charge in [0.05, 0.1) is 6.61 Å². The van der Waals surface area contributed by atoms with E-state index in [9.17, 15) is 24.6 Å². The fraction of sp³-hybridized carbons (Fsp3) is 0.409. The number of carbonyl (C=O) groups is 3. The number of ether oxygens (including phenoxy) is 1. The number of likely N-dealkylation sites (N-methyl/N-ethyl adjacent to an activating group) is 1. The van der Waals surface area contributed by atoms with Crippen molar-refractivity contribution < 1.29 is 29.3 Å². The molecule has 1 aromatic carbocycles. The molecule has 164 valence electrons. The van der Waals surface area contributed by atoms with E-state index < -0.39 is 17.4 Å². The smallest absolute Gasteiger partial charge is 0.330 e. The molecule has 1 aromatic rings. The molecule has 0 spiro atoms. The molecule has 0 aliphatic heterocycles. The van der Waals surface area contributed by atoms with E-state index in [4.69, 9.17) is 4.74 Å². The minimum Gasteiger partial charge on any atom is -0.504 e. The van der Waals surface area contributed by atoms with Crippen molar-refractivity contribution in [2.24, 2.45) is 0 Å². The second-order valence-corrected chi connectivity index (χ2v) is 6.99. The minimum absolute atomic E-state index is 0.104. The van der Waals surface area contributed by atoms with Crippen LogP contribution in [0.5, 0.6) is 11.5 Å². The Morgan fingerprint density at radius 2 is 1.87 bits per heavy atom. The summed E-state index contributed by atoms with van der Waals surface area (Å²) >= 11 is 0. The molecule has 1 rings (SSSR count). The fourth-order valence-electron chi connectivity index (χ4n) is 2.97. The maximum absolute atomic E-state index is 13.3. The van der Waals surface area contributed by atoms with Gasteiger partial charge in [0, 0.05) is 25.6 Å². The molecule has 0 aliphatic rings. The van der Waals surface area contributed by atoms with Gasteiger partial charge >= 0.3 is 5.97 Å². The number of phenolic OH excluding ortho intramolecular Hbond substituents is 2. The third-order valence-corrected chi connectivity index (χ3v) is 4.56. The van der Waals surface area contributed by atoms with Gasteiger partial charge in [0.25, 0.3) is 0 Å². The number of hydrogen-bond acceptors (Lipinski definition) is 6. The van der Waals surface area contributed by atoms with Crippen LogP contribution in [0, 0.1) is 0 Å². The highest BCUT2D eigenvalue weighted by atomic mass is 16.5. The van der Waals surface area contributed by atoms with E-state index in [0.717, 1.165) is 12.2 Å². The molecule has 0 aliphatic carbocycles. The van der Waals surface area contributed by atoms with Crippen molar-refractivity contribution in [3.8, 4) is 11.5 Å². The molecule has 8 heteroatoms. The molecule has 0 fully saturated rings. The number of benzene rings is 1. The van der Waals surface area contributed by atoms with Crippen molar-refractivity contribution in [2.45, 2.75) is 38.6 Å². The molecule has 0 saturated heterocycles. The number of esters is 1. The summed E-state index contributed by atoms with van der Waals surface area (Å²) < 4.78 is 4.93. The molecule has 0 heterocycles. The Morgan fingerprint density at radius 1 is 1.17 bits per heavy atom. The first-order valence-corrected chi connectivity index (χ1v) is 9.70. The van der Waals surface area contributed by atoms with Crippen LogP contribution in [0.1, 0.15) is 32.3 Å². The average molecular weight is 418 g/mol. The third kappa shape index (κ3) is 7.27. The van der Waals surface area contributed by atoms with Gasteiger partial charge in [-0.15, -0.1) is 0 Å². The predicted octanol–water partition coefficient (Wildman–Crippen LogP) is 2.06. The summed E-state index contributed by atoms with van der Waals surface area (Å²) in [5, 5.41) is 22.0. The van der Waals surface area contributed by atoms with Gasteiger partial charge in [-0.05, 0) is 50.5 Å². The van der Waals surface area contributed by atoms with Crippen molar-refractivity contribution in [2.75, 3.05) is 19.7 Å². The van der Waals surface area contributed by atoms with Gasteiger partial charge in [0.1, 0.15) is 5.54 Å². The highest BCUT2D eigenvalue weighted by Gasteiger charge is 2.37. The number of unbranched alkanes of at least 4 members (excludes halogenated alkanes) is 1. The molecule has 0 saturated carbocycles. The Balaban J connectivity index is 2.91. The van der Waals surface area contributed by atoms with Gasteiger partial charge in [-0.2, -0.15) is 0 Å². The summed E-state index contributed by atoms with van der Waals surface area (Å²) in [7, 11) is 0. The monoisotopic (exact) mass is 418 g/mol. The second kappa shape index (κ2) is 11.6. The molecule has 30 heavy (non-hydrogen) atoms. The Bertz CT molecular complexity index is 792. The number of aromatic hydroxyl groups is 2. The maximum atomic E-state index is 13.3. The van der Waals surface area contributed by atoms with E-state index in [2.05, 4.69) is 18.5 Å².